The highest BCUT2D eigenvalue weighted by Gasteiger charge is 2.32. The maximum absolute atomic E-state index is 13.2. The van der Waals surface area contributed by atoms with E-state index in [4.69, 9.17) is 4.98 Å². The number of pyridine rings is 1. The van der Waals surface area contributed by atoms with Crippen molar-refractivity contribution in [2.45, 2.75) is 13.1 Å². The lowest BCUT2D eigenvalue weighted by atomic mass is 10.1. The third kappa shape index (κ3) is 3.39. The highest BCUT2D eigenvalue weighted by atomic mass is 32.1. The Morgan fingerprint density at radius 2 is 1.83 bits per heavy atom. The number of nitrogens with one attached hydrogen (secondary N) is 1. The Morgan fingerprint density at radius 1 is 1.00 bits per heavy atom. The summed E-state index contributed by atoms with van der Waals surface area (Å²) in [5.74, 6) is -0.00760. The van der Waals surface area contributed by atoms with Crippen molar-refractivity contribution in [1.29, 1.82) is 0 Å². The molecule has 4 aromatic rings. The summed E-state index contributed by atoms with van der Waals surface area (Å²) in [4.78, 5) is 23.7. The van der Waals surface area contributed by atoms with Crippen LogP contribution in [-0.4, -0.2) is 15.9 Å². The number of amides is 1. The third-order valence-corrected chi connectivity index (χ3v) is 5.83. The van der Waals surface area contributed by atoms with Crippen LogP contribution in [0.1, 0.15) is 21.5 Å². The summed E-state index contributed by atoms with van der Waals surface area (Å²) in [7, 11) is 0. The van der Waals surface area contributed by atoms with Crippen LogP contribution in [0.3, 0.4) is 0 Å². The topological polar surface area (TPSA) is 58.1 Å². The molecule has 0 saturated carbocycles. The van der Waals surface area contributed by atoms with Crippen LogP contribution < -0.4 is 10.2 Å². The molecule has 5 nitrogen and oxygen atoms in total. The molecule has 6 heteroatoms. The van der Waals surface area contributed by atoms with Crippen LogP contribution in [0.5, 0.6) is 0 Å². The van der Waals surface area contributed by atoms with Crippen molar-refractivity contribution in [3.8, 4) is 11.3 Å². The lowest BCUT2D eigenvalue weighted by molar-refractivity contribution is 0.0997. The molecular weight excluding hydrogens is 380 g/mol. The molecule has 29 heavy (non-hydrogen) atoms. The van der Waals surface area contributed by atoms with Crippen LogP contribution in [0, 0.1) is 0 Å². The maximum atomic E-state index is 13.2. The summed E-state index contributed by atoms with van der Waals surface area (Å²) < 4.78 is 0. The first kappa shape index (κ1) is 17.6. The Hall–Kier alpha value is -3.51. The largest absolute Gasteiger partial charge is 0.380 e. The van der Waals surface area contributed by atoms with Crippen LogP contribution in [0.15, 0.2) is 78.4 Å². The molecule has 1 N–H and O–H groups in total. The number of nitrogens with zero attached hydrogens (tertiary/aromatic N) is 3. The standard InChI is InChI=1S/C23H18N4OS/c28-22-21-18(7-4-8-19(21)25-13-16-9-11-24-12-10-16)14-27(22)23-26-20(15-29-23)17-5-2-1-3-6-17/h1-12,15,25H,13-14H2. The summed E-state index contributed by atoms with van der Waals surface area (Å²) >= 11 is 1.50. The number of benzene rings is 2. The van der Waals surface area contributed by atoms with E-state index in [0.717, 1.165) is 38.8 Å². The molecule has 1 aliphatic rings. The van der Waals surface area contributed by atoms with Crippen molar-refractivity contribution in [2.24, 2.45) is 0 Å². The summed E-state index contributed by atoms with van der Waals surface area (Å²) in [5, 5.41) is 6.13. The summed E-state index contributed by atoms with van der Waals surface area (Å²) in [6.07, 6.45) is 3.54. The van der Waals surface area contributed by atoms with Gasteiger partial charge in [0.25, 0.3) is 5.91 Å². The van der Waals surface area contributed by atoms with Gasteiger partial charge in [0.2, 0.25) is 0 Å². The molecule has 2 aromatic carbocycles. The van der Waals surface area contributed by atoms with Gasteiger partial charge in [-0.2, -0.15) is 0 Å². The molecule has 1 aliphatic heterocycles. The lowest BCUT2D eigenvalue weighted by Gasteiger charge is -2.12. The van der Waals surface area contributed by atoms with Crippen molar-refractivity contribution < 1.29 is 4.79 Å². The predicted octanol–water partition coefficient (Wildman–Crippen LogP) is 4.98. The molecule has 3 heterocycles. The molecular formula is C23H18N4OS. The van der Waals surface area contributed by atoms with Crippen LogP contribution >= 0.6 is 11.3 Å². The number of rotatable bonds is 5. The van der Waals surface area contributed by atoms with E-state index in [1.54, 1.807) is 17.3 Å². The van der Waals surface area contributed by atoms with Crippen molar-refractivity contribution >= 4 is 28.1 Å². The number of hydrogen-bond acceptors (Lipinski definition) is 5. The second kappa shape index (κ2) is 7.48. The average molecular weight is 398 g/mol. The monoisotopic (exact) mass is 398 g/mol. The first-order valence-electron chi connectivity index (χ1n) is 9.37. The fourth-order valence-electron chi connectivity index (χ4n) is 3.49. The SMILES string of the molecule is O=C1c2c(cccc2NCc2ccncc2)CN1c1nc(-c2ccccc2)cs1. The molecule has 5 rings (SSSR count). The van der Waals surface area contributed by atoms with Crippen molar-refractivity contribution in [3.05, 3.63) is 95.1 Å². The first-order valence-corrected chi connectivity index (χ1v) is 10.2. The fourth-order valence-corrected chi connectivity index (χ4v) is 4.32. The minimum atomic E-state index is -0.00760. The van der Waals surface area contributed by atoms with E-state index in [1.165, 1.54) is 11.3 Å². The number of fused-ring (bicyclic) bond motifs is 1. The highest BCUT2D eigenvalue weighted by Crippen LogP contribution is 2.36. The van der Waals surface area contributed by atoms with Crippen LogP contribution in [0.2, 0.25) is 0 Å². The molecule has 0 bridgehead atoms. The van der Waals surface area contributed by atoms with Crippen molar-refractivity contribution in [3.63, 3.8) is 0 Å². The summed E-state index contributed by atoms with van der Waals surface area (Å²) in [5.41, 5.74) is 5.67. The number of thiazole rings is 1. The highest BCUT2D eigenvalue weighted by molar-refractivity contribution is 7.14. The van der Waals surface area contributed by atoms with Gasteiger partial charge in [-0.1, -0.05) is 42.5 Å². The Bertz CT molecular complexity index is 1160. The molecule has 0 aliphatic carbocycles. The van der Waals surface area contributed by atoms with Gasteiger partial charge in [0.1, 0.15) is 0 Å². The van der Waals surface area contributed by atoms with E-state index in [9.17, 15) is 4.79 Å². The van der Waals surface area contributed by atoms with Crippen LogP contribution in [0.4, 0.5) is 10.8 Å². The predicted molar refractivity (Wildman–Crippen MR) is 116 cm³/mol. The van der Waals surface area contributed by atoms with E-state index in [-0.39, 0.29) is 5.91 Å². The molecule has 0 atom stereocenters. The van der Waals surface area contributed by atoms with Crippen LogP contribution in [0.25, 0.3) is 11.3 Å². The quantitative estimate of drug-likeness (QED) is 0.515. The average Bonchev–Trinajstić information content (AvgIpc) is 3.39. The minimum absolute atomic E-state index is 0.00760. The van der Waals surface area contributed by atoms with Gasteiger partial charge < -0.3 is 5.32 Å². The molecule has 2 aromatic heterocycles. The van der Waals surface area contributed by atoms with E-state index in [0.29, 0.717) is 13.1 Å². The normalized spacial score (nSPS) is 12.8. The van der Waals surface area contributed by atoms with Gasteiger partial charge in [-0.15, -0.1) is 11.3 Å². The van der Waals surface area contributed by atoms with E-state index in [1.807, 2.05) is 66.0 Å². The maximum Gasteiger partial charge on any atom is 0.262 e. The van der Waals surface area contributed by atoms with E-state index < -0.39 is 0 Å². The van der Waals surface area contributed by atoms with Crippen LogP contribution in [-0.2, 0) is 13.1 Å². The van der Waals surface area contributed by atoms with Gasteiger partial charge in [0.15, 0.2) is 5.13 Å². The molecule has 0 unspecified atom stereocenters. The van der Waals surface area contributed by atoms with E-state index >= 15 is 0 Å². The van der Waals surface area contributed by atoms with Crippen molar-refractivity contribution in [1.82, 2.24) is 9.97 Å². The third-order valence-electron chi connectivity index (χ3n) is 4.96. The summed E-state index contributed by atoms with van der Waals surface area (Å²) in [6.45, 7) is 1.18. The van der Waals surface area contributed by atoms with Gasteiger partial charge in [-0.05, 0) is 29.3 Å². The number of hydrogen-bond donors (Lipinski definition) is 1. The van der Waals surface area contributed by atoms with Crippen molar-refractivity contribution in [2.75, 3.05) is 10.2 Å². The van der Waals surface area contributed by atoms with Gasteiger partial charge in [0.05, 0.1) is 17.8 Å². The number of carbonyl (C=O) groups excluding carboxylic acids is 1. The second-order valence-electron chi connectivity index (χ2n) is 6.82. The number of aromatic nitrogens is 2. The van der Waals surface area contributed by atoms with Gasteiger partial charge in [-0.25, -0.2) is 4.98 Å². The van der Waals surface area contributed by atoms with Gasteiger partial charge >= 0.3 is 0 Å². The Kier molecular flexibility index (Phi) is 4.54. The molecule has 0 saturated heterocycles. The Labute approximate surface area is 172 Å². The Balaban J connectivity index is 1.39. The molecule has 1 amide bonds. The molecule has 0 spiro atoms. The Morgan fingerprint density at radius 3 is 2.66 bits per heavy atom. The molecule has 142 valence electrons. The summed E-state index contributed by atoms with van der Waals surface area (Å²) in [6, 6.07) is 19.9. The zero-order valence-corrected chi connectivity index (χ0v) is 16.4. The number of anilines is 2. The molecule has 0 fully saturated rings. The second-order valence-corrected chi connectivity index (χ2v) is 7.66. The number of carbonyl (C=O) groups is 1. The minimum Gasteiger partial charge on any atom is -0.380 e. The zero-order chi connectivity index (χ0) is 19.6. The first-order chi connectivity index (χ1) is 14.3. The zero-order valence-electron chi connectivity index (χ0n) is 15.6. The smallest absolute Gasteiger partial charge is 0.262 e. The van der Waals surface area contributed by atoms with E-state index in [2.05, 4.69) is 10.3 Å². The molecule has 0 radical (unpaired) electrons. The fraction of sp³-hybridized carbons (Fsp3) is 0.0870. The lowest BCUT2D eigenvalue weighted by Crippen LogP contribution is -2.23. The van der Waals surface area contributed by atoms with Gasteiger partial charge in [0, 0.05) is 35.6 Å². The van der Waals surface area contributed by atoms with Gasteiger partial charge in [-0.3, -0.25) is 14.7 Å².